The number of hydrogen-bond donors (Lipinski definition) is 1. The van der Waals surface area contributed by atoms with E-state index in [0.29, 0.717) is 35.4 Å². The number of ether oxygens (including phenoxy) is 2. The van der Waals surface area contributed by atoms with Gasteiger partial charge in [-0.1, -0.05) is 11.6 Å². The zero-order chi connectivity index (χ0) is 10.6. The van der Waals surface area contributed by atoms with Gasteiger partial charge in [-0.15, -0.1) is 0 Å². The highest BCUT2D eigenvalue weighted by atomic mass is 35.5. The van der Waals surface area contributed by atoms with Gasteiger partial charge in [0.2, 0.25) is 0 Å². The quantitative estimate of drug-likeness (QED) is 0.786. The van der Waals surface area contributed by atoms with Crippen LogP contribution < -0.4 is 15.2 Å². The lowest BCUT2D eigenvalue weighted by Crippen LogP contribution is -1.99. The maximum atomic E-state index is 5.96. The molecule has 0 aliphatic heterocycles. The zero-order valence-corrected chi connectivity index (χ0v) is 9.10. The molecule has 0 atom stereocenters. The lowest BCUT2D eigenvalue weighted by atomic mass is 10.3. The molecule has 0 radical (unpaired) electrons. The number of halogens is 1. The van der Waals surface area contributed by atoms with Gasteiger partial charge >= 0.3 is 0 Å². The normalized spacial score (nSPS) is 9.93. The summed E-state index contributed by atoms with van der Waals surface area (Å²) in [6, 6.07) is 3.35. The van der Waals surface area contributed by atoms with E-state index in [9.17, 15) is 0 Å². The lowest BCUT2D eigenvalue weighted by Gasteiger charge is -2.11. The second-order valence-corrected chi connectivity index (χ2v) is 3.09. The van der Waals surface area contributed by atoms with Crippen LogP contribution in [0.5, 0.6) is 11.5 Å². The van der Waals surface area contributed by atoms with E-state index in [4.69, 9.17) is 26.8 Å². The van der Waals surface area contributed by atoms with Crippen LogP contribution in [0.1, 0.15) is 13.8 Å². The molecule has 0 bridgehead atoms. The van der Waals surface area contributed by atoms with E-state index in [-0.39, 0.29) is 0 Å². The maximum Gasteiger partial charge on any atom is 0.143 e. The molecule has 0 spiro atoms. The predicted octanol–water partition coefficient (Wildman–Crippen LogP) is 2.72. The van der Waals surface area contributed by atoms with Crippen molar-refractivity contribution >= 4 is 17.3 Å². The third-order valence-electron chi connectivity index (χ3n) is 1.66. The van der Waals surface area contributed by atoms with E-state index in [1.807, 2.05) is 13.8 Å². The van der Waals surface area contributed by atoms with Gasteiger partial charge in [-0.2, -0.15) is 0 Å². The van der Waals surface area contributed by atoms with Crippen LogP contribution in [0.2, 0.25) is 5.02 Å². The fourth-order valence-corrected chi connectivity index (χ4v) is 1.31. The number of anilines is 1. The van der Waals surface area contributed by atoms with E-state index in [0.717, 1.165) is 0 Å². The summed E-state index contributed by atoms with van der Waals surface area (Å²) in [6.45, 7) is 4.91. The molecule has 2 N–H and O–H groups in total. The van der Waals surface area contributed by atoms with Gasteiger partial charge in [0.1, 0.15) is 11.5 Å². The summed E-state index contributed by atoms with van der Waals surface area (Å²) in [4.78, 5) is 0. The van der Waals surface area contributed by atoms with E-state index >= 15 is 0 Å². The molecule has 3 nitrogen and oxygen atoms in total. The van der Waals surface area contributed by atoms with E-state index in [1.54, 1.807) is 12.1 Å². The number of hydrogen-bond acceptors (Lipinski definition) is 3. The monoisotopic (exact) mass is 215 g/mol. The minimum Gasteiger partial charge on any atom is -0.492 e. The molecular formula is C10H14ClNO2. The Morgan fingerprint density at radius 2 is 1.71 bits per heavy atom. The van der Waals surface area contributed by atoms with Crippen LogP contribution >= 0.6 is 11.6 Å². The topological polar surface area (TPSA) is 44.5 Å². The van der Waals surface area contributed by atoms with Crippen LogP contribution in [0.25, 0.3) is 0 Å². The first kappa shape index (κ1) is 11.0. The van der Waals surface area contributed by atoms with Gasteiger partial charge < -0.3 is 15.2 Å². The molecule has 0 saturated heterocycles. The first-order valence-electron chi connectivity index (χ1n) is 4.53. The highest BCUT2D eigenvalue weighted by Crippen LogP contribution is 2.34. The largest absolute Gasteiger partial charge is 0.492 e. The number of nitrogen functional groups attached to an aromatic ring is 1. The minimum atomic E-state index is 0.518. The van der Waals surface area contributed by atoms with Crippen molar-refractivity contribution in [3.05, 3.63) is 17.2 Å². The molecule has 0 heterocycles. The Labute approximate surface area is 88.8 Å². The van der Waals surface area contributed by atoms with Crippen molar-refractivity contribution < 1.29 is 9.47 Å². The standard InChI is InChI=1S/C10H14ClNO2/c1-3-13-9-6-8(12)10(14-4-2)5-7(9)11/h5-6H,3-4,12H2,1-2H3. The first-order valence-corrected chi connectivity index (χ1v) is 4.91. The van der Waals surface area contributed by atoms with Gasteiger partial charge in [-0.05, 0) is 13.8 Å². The highest BCUT2D eigenvalue weighted by molar-refractivity contribution is 6.32. The van der Waals surface area contributed by atoms with E-state index < -0.39 is 0 Å². The van der Waals surface area contributed by atoms with E-state index in [1.165, 1.54) is 0 Å². The third kappa shape index (κ3) is 2.45. The second kappa shape index (κ2) is 4.96. The third-order valence-corrected chi connectivity index (χ3v) is 1.96. The molecule has 78 valence electrons. The van der Waals surface area contributed by atoms with E-state index in [2.05, 4.69) is 0 Å². The van der Waals surface area contributed by atoms with Crippen LogP contribution in [0.4, 0.5) is 5.69 Å². The molecule has 1 aromatic rings. The fourth-order valence-electron chi connectivity index (χ4n) is 1.10. The zero-order valence-electron chi connectivity index (χ0n) is 8.34. The summed E-state index contributed by atoms with van der Waals surface area (Å²) >= 11 is 5.96. The van der Waals surface area contributed by atoms with Gasteiger partial charge in [-0.25, -0.2) is 0 Å². The Bertz CT molecular complexity index is 283. The van der Waals surface area contributed by atoms with Gasteiger partial charge in [0, 0.05) is 12.1 Å². The summed E-state index contributed by atoms with van der Waals surface area (Å²) < 4.78 is 10.6. The molecular weight excluding hydrogens is 202 g/mol. The smallest absolute Gasteiger partial charge is 0.143 e. The molecule has 0 aliphatic rings. The van der Waals surface area contributed by atoms with Crippen molar-refractivity contribution in [2.24, 2.45) is 0 Å². The summed E-state index contributed by atoms with van der Waals surface area (Å²) in [7, 11) is 0. The molecule has 1 rings (SSSR count). The molecule has 0 aromatic heterocycles. The average Bonchev–Trinajstić information content (AvgIpc) is 2.14. The Morgan fingerprint density at radius 3 is 2.29 bits per heavy atom. The molecule has 4 heteroatoms. The Balaban J connectivity index is 2.97. The van der Waals surface area contributed by atoms with Crippen molar-refractivity contribution in [3.63, 3.8) is 0 Å². The summed E-state index contributed by atoms with van der Waals surface area (Å²) in [5.74, 6) is 1.19. The maximum absolute atomic E-state index is 5.96. The van der Waals surface area contributed by atoms with Gasteiger partial charge in [0.25, 0.3) is 0 Å². The second-order valence-electron chi connectivity index (χ2n) is 2.69. The summed E-state index contributed by atoms with van der Waals surface area (Å²) in [5, 5.41) is 0.518. The van der Waals surface area contributed by atoms with Crippen molar-refractivity contribution in [3.8, 4) is 11.5 Å². The van der Waals surface area contributed by atoms with Crippen molar-refractivity contribution in [2.45, 2.75) is 13.8 Å². The van der Waals surface area contributed by atoms with Crippen molar-refractivity contribution in [2.75, 3.05) is 18.9 Å². The Hall–Kier alpha value is -1.09. The molecule has 14 heavy (non-hydrogen) atoms. The Morgan fingerprint density at radius 1 is 1.14 bits per heavy atom. The SMILES string of the molecule is CCOc1cc(Cl)c(OCC)cc1N. The average molecular weight is 216 g/mol. The molecule has 0 amide bonds. The summed E-state index contributed by atoms with van der Waals surface area (Å²) in [6.07, 6.45) is 0. The van der Waals surface area contributed by atoms with Crippen LogP contribution in [-0.2, 0) is 0 Å². The van der Waals surface area contributed by atoms with Gasteiger partial charge in [-0.3, -0.25) is 0 Å². The summed E-state index contributed by atoms with van der Waals surface area (Å²) in [5.41, 5.74) is 6.28. The van der Waals surface area contributed by atoms with Crippen LogP contribution in [-0.4, -0.2) is 13.2 Å². The highest BCUT2D eigenvalue weighted by Gasteiger charge is 2.07. The van der Waals surface area contributed by atoms with Crippen molar-refractivity contribution in [1.82, 2.24) is 0 Å². The molecule has 0 fully saturated rings. The Kier molecular flexibility index (Phi) is 3.89. The number of nitrogens with two attached hydrogens (primary N) is 1. The number of rotatable bonds is 4. The molecule has 1 aromatic carbocycles. The predicted molar refractivity (Wildman–Crippen MR) is 58.2 cm³/mol. The van der Waals surface area contributed by atoms with Gasteiger partial charge in [0.15, 0.2) is 0 Å². The minimum absolute atomic E-state index is 0.518. The molecule has 0 unspecified atom stereocenters. The van der Waals surface area contributed by atoms with Gasteiger partial charge in [0.05, 0.1) is 23.9 Å². The number of benzene rings is 1. The van der Waals surface area contributed by atoms with Crippen LogP contribution in [0, 0.1) is 0 Å². The molecule has 0 aliphatic carbocycles. The van der Waals surface area contributed by atoms with Crippen LogP contribution in [0.15, 0.2) is 12.1 Å². The van der Waals surface area contributed by atoms with Crippen LogP contribution in [0.3, 0.4) is 0 Å². The van der Waals surface area contributed by atoms with Crippen molar-refractivity contribution in [1.29, 1.82) is 0 Å². The lowest BCUT2D eigenvalue weighted by molar-refractivity contribution is 0.332. The first-order chi connectivity index (χ1) is 6.69. The molecule has 0 saturated carbocycles. The fraction of sp³-hybridized carbons (Fsp3) is 0.400.